The zero-order valence-corrected chi connectivity index (χ0v) is 10.3. The fourth-order valence-corrected chi connectivity index (χ4v) is 1.92. The van der Waals surface area contributed by atoms with E-state index in [2.05, 4.69) is 21.5 Å². The van der Waals surface area contributed by atoms with Crippen LogP contribution in [-0.4, -0.2) is 41.9 Å². The second kappa shape index (κ2) is 5.66. The van der Waals surface area contributed by atoms with Crippen LogP contribution in [-0.2, 0) is 0 Å². The molecule has 1 amide bonds. The van der Waals surface area contributed by atoms with Gasteiger partial charge in [0.05, 0.1) is 0 Å². The number of rotatable bonds is 6. The molecule has 0 aliphatic rings. The third-order valence-electron chi connectivity index (χ3n) is 2.28. The summed E-state index contributed by atoms with van der Waals surface area (Å²) < 4.78 is 3.90. The summed E-state index contributed by atoms with van der Waals surface area (Å²) in [5, 5.41) is 3.76. The molecule has 1 heterocycles. The molecular weight excluding hydrogens is 226 g/mol. The zero-order chi connectivity index (χ0) is 12.1. The lowest BCUT2D eigenvalue weighted by Crippen LogP contribution is -2.25. The van der Waals surface area contributed by atoms with Gasteiger partial charge in [0, 0.05) is 13.1 Å². The van der Waals surface area contributed by atoms with Crippen LogP contribution in [0.4, 0.5) is 10.8 Å². The van der Waals surface area contributed by atoms with Gasteiger partial charge in [-0.25, -0.2) is 0 Å². The standard InChI is InChI=1S/C9H17N5OS/c1-3-14(2)5-4-12-9-6(8(11)15)7(10)13-16-9/h12H,3-5H2,1-2H3,(H2,10,13)(H2,11,15). The largest absolute Gasteiger partial charge is 0.382 e. The summed E-state index contributed by atoms with van der Waals surface area (Å²) in [6, 6.07) is 0. The summed E-state index contributed by atoms with van der Waals surface area (Å²) in [6.07, 6.45) is 0. The van der Waals surface area contributed by atoms with Crippen molar-refractivity contribution in [2.24, 2.45) is 5.73 Å². The summed E-state index contributed by atoms with van der Waals surface area (Å²) in [7, 11) is 2.03. The number of aromatic nitrogens is 1. The molecule has 0 spiro atoms. The highest BCUT2D eigenvalue weighted by atomic mass is 32.1. The third-order valence-corrected chi connectivity index (χ3v) is 3.10. The molecule has 0 radical (unpaired) electrons. The van der Waals surface area contributed by atoms with E-state index in [9.17, 15) is 4.79 Å². The lowest BCUT2D eigenvalue weighted by Gasteiger charge is -2.14. The van der Waals surface area contributed by atoms with Crippen LogP contribution >= 0.6 is 11.5 Å². The van der Waals surface area contributed by atoms with E-state index in [1.54, 1.807) is 0 Å². The predicted octanol–water partition coefficient (Wildman–Crippen LogP) is 0.188. The Balaban J connectivity index is 2.57. The number of hydrogen-bond donors (Lipinski definition) is 3. The second-order valence-corrected chi connectivity index (χ2v) is 4.23. The van der Waals surface area contributed by atoms with Crippen molar-refractivity contribution in [1.82, 2.24) is 9.27 Å². The number of likely N-dealkylation sites (N-methyl/N-ethyl adjacent to an activating group) is 1. The summed E-state index contributed by atoms with van der Waals surface area (Å²) in [6.45, 7) is 4.67. The highest BCUT2D eigenvalue weighted by Gasteiger charge is 2.16. The van der Waals surface area contributed by atoms with E-state index in [4.69, 9.17) is 11.5 Å². The Morgan fingerprint density at radius 3 is 2.88 bits per heavy atom. The number of nitrogen functional groups attached to an aromatic ring is 1. The van der Waals surface area contributed by atoms with Gasteiger partial charge in [-0.3, -0.25) is 4.79 Å². The van der Waals surface area contributed by atoms with Crippen molar-refractivity contribution in [3.63, 3.8) is 0 Å². The molecule has 1 aromatic heterocycles. The van der Waals surface area contributed by atoms with Crippen LogP contribution in [0.2, 0.25) is 0 Å². The molecule has 7 heteroatoms. The SMILES string of the molecule is CCN(C)CCNc1snc(N)c1C(N)=O. The van der Waals surface area contributed by atoms with Crippen molar-refractivity contribution < 1.29 is 4.79 Å². The van der Waals surface area contributed by atoms with Crippen molar-refractivity contribution in [3.05, 3.63) is 5.56 Å². The zero-order valence-electron chi connectivity index (χ0n) is 9.49. The number of nitrogens with zero attached hydrogens (tertiary/aromatic N) is 2. The van der Waals surface area contributed by atoms with E-state index >= 15 is 0 Å². The maximum atomic E-state index is 11.1. The molecule has 0 aliphatic heterocycles. The molecule has 0 bridgehead atoms. The third kappa shape index (κ3) is 3.07. The Labute approximate surface area is 98.8 Å². The van der Waals surface area contributed by atoms with Gasteiger partial charge < -0.3 is 21.7 Å². The lowest BCUT2D eigenvalue weighted by molar-refractivity contribution is 0.100. The minimum absolute atomic E-state index is 0.198. The molecule has 0 aromatic carbocycles. The molecule has 0 atom stereocenters. The second-order valence-electron chi connectivity index (χ2n) is 3.46. The molecule has 1 rings (SSSR count). The van der Waals surface area contributed by atoms with Gasteiger partial charge in [0.1, 0.15) is 10.6 Å². The van der Waals surface area contributed by atoms with Gasteiger partial charge in [-0.2, -0.15) is 4.37 Å². The van der Waals surface area contributed by atoms with E-state index in [1.807, 2.05) is 7.05 Å². The van der Waals surface area contributed by atoms with Crippen LogP contribution in [0.3, 0.4) is 0 Å². The number of nitrogens with two attached hydrogens (primary N) is 2. The van der Waals surface area contributed by atoms with Gasteiger partial charge in [-0.15, -0.1) is 0 Å². The van der Waals surface area contributed by atoms with E-state index in [0.717, 1.165) is 31.2 Å². The number of nitrogens with one attached hydrogen (secondary N) is 1. The first-order valence-electron chi connectivity index (χ1n) is 5.03. The highest BCUT2D eigenvalue weighted by Crippen LogP contribution is 2.25. The summed E-state index contributed by atoms with van der Waals surface area (Å²) in [4.78, 5) is 13.3. The Morgan fingerprint density at radius 2 is 2.31 bits per heavy atom. The van der Waals surface area contributed by atoms with Gasteiger partial charge in [0.15, 0.2) is 5.82 Å². The van der Waals surface area contributed by atoms with E-state index in [1.165, 1.54) is 0 Å². The maximum absolute atomic E-state index is 11.1. The molecule has 0 saturated carbocycles. The Morgan fingerprint density at radius 1 is 1.62 bits per heavy atom. The molecule has 1 aromatic rings. The van der Waals surface area contributed by atoms with Gasteiger partial charge in [-0.05, 0) is 25.1 Å². The monoisotopic (exact) mass is 243 g/mol. The molecule has 0 aliphatic carbocycles. The molecule has 5 N–H and O–H groups in total. The maximum Gasteiger partial charge on any atom is 0.255 e. The smallest absolute Gasteiger partial charge is 0.255 e. The normalized spacial score (nSPS) is 10.7. The number of carbonyl (C=O) groups excluding carboxylic acids is 1. The Hall–Kier alpha value is -1.34. The molecule has 0 saturated heterocycles. The minimum Gasteiger partial charge on any atom is -0.382 e. The molecule has 90 valence electrons. The molecule has 0 unspecified atom stereocenters. The van der Waals surface area contributed by atoms with Crippen LogP contribution in [0.15, 0.2) is 0 Å². The fraction of sp³-hybridized carbons (Fsp3) is 0.556. The molecule has 6 nitrogen and oxygen atoms in total. The van der Waals surface area contributed by atoms with Crippen molar-refractivity contribution in [2.75, 3.05) is 37.7 Å². The number of anilines is 2. The summed E-state index contributed by atoms with van der Waals surface area (Å²) in [5.74, 6) is -0.346. The summed E-state index contributed by atoms with van der Waals surface area (Å²) in [5.41, 5.74) is 11.1. The van der Waals surface area contributed by atoms with Crippen molar-refractivity contribution in [2.45, 2.75) is 6.92 Å². The Bertz CT molecular complexity index is 365. The first-order chi connectivity index (χ1) is 7.56. The molecule has 16 heavy (non-hydrogen) atoms. The average Bonchev–Trinajstić information content (AvgIpc) is 2.59. The van der Waals surface area contributed by atoms with E-state index in [0.29, 0.717) is 10.6 Å². The van der Waals surface area contributed by atoms with Crippen molar-refractivity contribution in [3.8, 4) is 0 Å². The first-order valence-corrected chi connectivity index (χ1v) is 5.81. The number of carbonyl (C=O) groups is 1. The quantitative estimate of drug-likeness (QED) is 0.662. The van der Waals surface area contributed by atoms with Crippen LogP contribution in [0.25, 0.3) is 0 Å². The first kappa shape index (κ1) is 12.7. The Kier molecular flexibility index (Phi) is 4.51. The van der Waals surface area contributed by atoms with Crippen LogP contribution in [0.5, 0.6) is 0 Å². The number of hydrogen-bond acceptors (Lipinski definition) is 6. The molecule has 0 fully saturated rings. The number of primary amides is 1. The highest BCUT2D eigenvalue weighted by molar-refractivity contribution is 7.11. The topological polar surface area (TPSA) is 97.3 Å². The van der Waals surface area contributed by atoms with Crippen LogP contribution in [0, 0.1) is 0 Å². The number of amides is 1. The molecular formula is C9H17N5OS. The van der Waals surface area contributed by atoms with Crippen LogP contribution in [0.1, 0.15) is 17.3 Å². The summed E-state index contributed by atoms with van der Waals surface area (Å²) >= 11 is 1.16. The fourth-order valence-electron chi connectivity index (χ4n) is 1.18. The van der Waals surface area contributed by atoms with E-state index in [-0.39, 0.29) is 5.82 Å². The average molecular weight is 243 g/mol. The van der Waals surface area contributed by atoms with Crippen molar-refractivity contribution >= 4 is 28.3 Å². The van der Waals surface area contributed by atoms with Gasteiger partial charge >= 0.3 is 0 Å². The van der Waals surface area contributed by atoms with Gasteiger partial charge in [0.2, 0.25) is 0 Å². The minimum atomic E-state index is -0.544. The van der Waals surface area contributed by atoms with Gasteiger partial charge in [-0.1, -0.05) is 6.92 Å². The van der Waals surface area contributed by atoms with Crippen molar-refractivity contribution in [1.29, 1.82) is 0 Å². The van der Waals surface area contributed by atoms with Crippen LogP contribution < -0.4 is 16.8 Å². The van der Waals surface area contributed by atoms with E-state index < -0.39 is 5.91 Å². The van der Waals surface area contributed by atoms with Gasteiger partial charge in [0.25, 0.3) is 5.91 Å². The predicted molar refractivity (Wildman–Crippen MR) is 66.7 cm³/mol. The lowest BCUT2D eigenvalue weighted by atomic mass is 10.3.